The standard InChI is InChI=1S/C16H19NO2/c1-3-11-9-13(10-12(4-1)17-11)19-16-6-2-5-15-14(16)7-8-18-15/h2,5-8,11-13,17H,1,3-4,9-10H2. The summed E-state index contributed by atoms with van der Waals surface area (Å²) in [6.45, 7) is 0. The summed E-state index contributed by atoms with van der Waals surface area (Å²) < 4.78 is 11.7. The van der Waals surface area contributed by atoms with Crippen LogP contribution < -0.4 is 10.1 Å². The molecule has 0 spiro atoms. The molecule has 3 heterocycles. The molecule has 0 amide bonds. The Balaban J connectivity index is 1.56. The average Bonchev–Trinajstić information content (AvgIpc) is 2.88. The third-order valence-electron chi connectivity index (χ3n) is 4.42. The number of benzene rings is 1. The van der Waals surface area contributed by atoms with E-state index in [-0.39, 0.29) is 0 Å². The second kappa shape index (κ2) is 4.57. The van der Waals surface area contributed by atoms with Gasteiger partial charge >= 0.3 is 0 Å². The van der Waals surface area contributed by atoms with Crippen molar-refractivity contribution in [2.24, 2.45) is 0 Å². The number of furan rings is 1. The molecular formula is C16H19NO2. The van der Waals surface area contributed by atoms with E-state index in [9.17, 15) is 0 Å². The Hall–Kier alpha value is -1.48. The maximum atomic E-state index is 6.26. The smallest absolute Gasteiger partial charge is 0.137 e. The van der Waals surface area contributed by atoms with Crippen molar-refractivity contribution in [3.8, 4) is 5.75 Å². The first kappa shape index (κ1) is 11.4. The first-order valence-corrected chi connectivity index (χ1v) is 7.27. The van der Waals surface area contributed by atoms with Crippen LogP contribution in [0.25, 0.3) is 11.0 Å². The number of hydrogen-bond donors (Lipinski definition) is 1. The first-order chi connectivity index (χ1) is 9.38. The number of hydrogen-bond acceptors (Lipinski definition) is 3. The van der Waals surface area contributed by atoms with Gasteiger partial charge in [0.2, 0.25) is 0 Å². The Morgan fingerprint density at radius 3 is 2.79 bits per heavy atom. The van der Waals surface area contributed by atoms with Crippen LogP contribution in [0.2, 0.25) is 0 Å². The zero-order valence-electron chi connectivity index (χ0n) is 11.0. The number of fused-ring (bicyclic) bond motifs is 3. The molecule has 2 saturated heterocycles. The average molecular weight is 257 g/mol. The Morgan fingerprint density at radius 2 is 1.95 bits per heavy atom. The number of piperidine rings is 2. The van der Waals surface area contributed by atoms with Gasteiger partial charge in [-0.05, 0) is 43.9 Å². The highest BCUT2D eigenvalue weighted by molar-refractivity contribution is 5.83. The van der Waals surface area contributed by atoms with Gasteiger partial charge in [-0.1, -0.05) is 12.5 Å². The second-order valence-electron chi connectivity index (χ2n) is 5.79. The first-order valence-electron chi connectivity index (χ1n) is 7.27. The Bertz CT molecular complexity index is 565. The van der Waals surface area contributed by atoms with Crippen molar-refractivity contribution < 1.29 is 9.15 Å². The van der Waals surface area contributed by atoms with E-state index in [4.69, 9.17) is 9.15 Å². The Labute approximate surface area is 112 Å². The van der Waals surface area contributed by atoms with Crippen molar-refractivity contribution in [2.75, 3.05) is 0 Å². The zero-order valence-corrected chi connectivity index (χ0v) is 11.0. The molecule has 0 saturated carbocycles. The normalized spacial score (nSPS) is 30.4. The van der Waals surface area contributed by atoms with Gasteiger partial charge in [0.15, 0.2) is 0 Å². The number of ether oxygens (including phenoxy) is 1. The van der Waals surface area contributed by atoms with Crippen molar-refractivity contribution in [3.63, 3.8) is 0 Å². The minimum Gasteiger partial charge on any atom is -0.490 e. The summed E-state index contributed by atoms with van der Waals surface area (Å²) in [6, 6.07) is 9.34. The molecule has 2 atom stereocenters. The molecule has 19 heavy (non-hydrogen) atoms. The van der Waals surface area contributed by atoms with E-state index >= 15 is 0 Å². The maximum absolute atomic E-state index is 6.26. The van der Waals surface area contributed by atoms with Crippen molar-refractivity contribution in [1.82, 2.24) is 5.32 Å². The summed E-state index contributed by atoms with van der Waals surface area (Å²) in [5, 5.41) is 4.79. The molecule has 2 aromatic rings. The highest BCUT2D eigenvalue weighted by atomic mass is 16.5. The molecule has 1 aromatic carbocycles. The number of nitrogens with one attached hydrogen (secondary N) is 1. The van der Waals surface area contributed by atoms with E-state index in [2.05, 4.69) is 11.4 Å². The van der Waals surface area contributed by atoms with Gasteiger partial charge in [-0.15, -0.1) is 0 Å². The van der Waals surface area contributed by atoms with E-state index in [1.165, 1.54) is 19.3 Å². The monoisotopic (exact) mass is 257 g/mol. The van der Waals surface area contributed by atoms with Crippen LogP contribution in [0.4, 0.5) is 0 Å². The summed E-state index contributed by atoms with van der Waals surface area (Å²) in [4.78, 5) is 0. The lowest BCUT2D eigenvalue weighted by Gasteiger charge is -2.40. The molecule has 1 N–H and O–H groups in total. The molecule has 0 aliphatic carbocycles. The highest BCUT2D eigenvalue weighted by Crippen LogP contribution is 2.32. The van der Waals surface area contributed by atoms with Crippen LogP contribution in [-0.2, 0) is 0 Å². The van der Waals surface area contributed by atoms with E-state index in [0.717, 1.165) is 29.6 Å². The van der Waals surface area contributed by atoms with Crippen LogP contribution in [0.3, 0.4) is 0 Å². The Morgan fingerprint density at radius 1 is 1.11 bits per heavy atom. The molecule has 3 nitrogen and oxygen atoms in total. The van der Waals surface area contributed by atoms with Gasteiger partial charge < -0.3 is 14.5 Å². The predicted octanol–water partition coefficient (Wildman–Crippen LogP) is 3.48. The lowest BCUT2D eigenvalue weighted by atomic mass is 9.85. The Kier molecular flexibility index (Phi) is 2.73. The molecule has 2 bridgehead atoms. The van der Waals surface area contributed by atoms with Gasteiger partial charge in [0.25, 0.3) is 0 Å². The lowest BCUT2D eigenvalue weighted by molar-refractivity contribution is 0.0939. The van der Waals surface area contributed by atoms with Gasteiger partial charge in [0.1, 0.15) is 17.4 Å². The summed E-state index contributed by atoms with van der Waals surface area (Å²) in [6.07, 6.45) is 8.30. The van der Waals surface area contributed by atoms with Gasteiger partial charge in [0, 0.05) is 12.1 Å². The largest absolute Gasteiger partial charge is 0.490 e. The second-order valence-corrected chi connectivity index (χ2v) is 5.79. The van der Waals surface area contributed by atoms with E-state index in [0.29, 0.717) is 18.2 Å². The lowest BCUT2D eigenvalue weighted by Crippen LogP contribution is -2.51. The minimum atomic E-state index is 0.344. The van der Waals surface area contributed by atoms with Crippen LogP contribution >= 0.6 is 0 Å². The van der Waals surface area contributed by atoms with Crippen LogP contribution in [0.1, 0.15) is 32.1 Å². The minimum absolute atomic E-state index is 0.344. The molecule has 100 valence electrons. The molecular weight excluding hydrogens is 238 g/mol. The van der Waals surface area contributed by atoms with Crippen molar-refractivity contribution in [1.29, 1.82) is 0 Å². The molecule has 1 aromatic heterocycles. The molecule has 2 aliphatic rings. The van der Waals surface area contributed by atoms with Crippen LogP contribution in [0.5, 0.6) is 5.75 Å². The third kappa shape index (κ3) is 2.12. The van der Waals surface area contributed by atoms with Gasteiger partial charge in [-0.25, -0.2) is 0 Å². The van der Waals surface area contributed by atoms with Crippen molar-refractivity contribution in [2.45, 2.75) is 50.3 Å². The summed E-state index contributed by atoms with van der Waals surface area (Å²) in [5.41, 5.74) is 0.909. The molecule has 2 fully saturated rings. The zero-order chi connectivity index (χ0) is 12.7. The van der Waals surface area contributed by atoms with E-state index < -0.39 is 0 Å². The molecule has 2 aliphatic heterocycles. The quantitative estimate of drug-likeness (QED) is 0.894. The predicted molar refractivity (Wildman–Crippen MR) is 74.4 cm³/mol. The molecule has 3 heteroatoms. The van der Waals surface area contributed by atoms with Crippen LogP contribution in [-0.4, -0.2) is 18.2 Å². The van der Waals surface area contributed by atoms with E-state index in [1.807, 2.05) is 18.2 Å². The van der Waals surface area contributed by atoms with Gasteiger partial charge in [-0.3, -0.25) is 0 Å². The van der Waals surface area contributed by atoms with E-state index in [1.54, 1.807) is 6.26 Å². The summed E-state index contributed by atoms with van der Waals surface area (Å²) in [5.74, 6) is 0.969. The van der Waals surface area contributed by atoms with Crippen molar-refractivity contribution in [3.05, 3.63) is 30.5 Å². The summed E-state index contributed by atoms with van der Waals surface area (Å²) in [7, 11) is 0. The van der Waals surface area contributed by atoms with Gasteiger partial charge in [-0.2, -0.15) is 0 Å². The fraction of sp³-hybridized carbons (Fsp3) is 0.500. The SMILES string of the molecule is c1cc(OC2CC3CCCC(C2)N3)c2ccoc2c1. The fourth-order valence-electron chi connectivity index (χ4n) is 3.56. The topological polar surface area (TPSA) is 34.4 Å². The van der Waals surface area contributed by atoms with Crippen LogP contribution in [0, 0.1) is 0 Å². The number of rotatable bonds is 2. The third-order valence-corrected chi connectivity index (χ3v) is 4.42. The van der Waals surface area contributed by atoms with Crippen molar-refractivity contribution >= 4 is 11.0 Å². The fourth-order valence-corrected chi connectivity index (χ4v) is 3.56. The van der Waals surface area contributed by atoms with Gasteiger partial charge in [0.05, 0.1) is 11.6 Å². The summed E-state index contributed by atoms with van der Waals surface area (Å²) >= 11 is 0. The molecule has 4 rings (SSSR count). The molecule has 2 unspecified atom stereocenters. The van der Waals surface area contributed by atoms with Crippen LogP contribution in [0.15, 0.2) is 34.9 Å². The highest BCUT2D eigenvalue weighted by Gasteiger charge is 2.32. The maximum Gasteiger partial charge on any atom is 0.137 e. The molecule has 0 radical (unpaired) electrons.